The fourth-order valence-corrected chi connectivity index (χ4v) is 0.267. The number of hydrogen-bond donors (Lipinski definition) is 0. The molecular weight excluding hydrogens is 134 g/mol. The summed E-state index contributed by atoms with van der Waals surface area (Å²) in [6.07, 6.45) is 0.722. The van der Waals surface area contributed by atoms with E-state index in [1.807, 2.05) is 6.92 Å². The van der Waals surface area contributed by atoms with Crippen LogP contribution in [0.2, 0.25) is 0 Å². The van der Waals surface area contributed by atoms with E-state index >= 15 is 0 Å². The Morgan fingerprint density at radius 1 is 1.40 bits per heavy atom. The fraction of sp³-hybridized carbons (Fsp3) is 0.625. The van der Waals surface area contributed by atoms with Gasteiger partial charge in [0, 0.05) is 5.57 Å². The zero-order valence-electron chi connectivity index (χ0n) is 6.58. The zero-order valence-corrected chi connectivity index (χ0v) is 6.58. The summed E-state index contributed by atoms with van der Waals surface area (Å²) in [6.45, 7) is 5.99. The van der Waals surface area contributed by atoms with Gasteiger partial charge in [0.15, 0.2) is 0 Å². The highest BCUT2D eigenvalue weighted by Gasteiger charge is 1.85. The second-order valence-electron chi connectivity index (χ2n) is 1.53. The minimum Gasteiger partial charge on any atom is -0.251 e. The van der Waals surface area contributed by atoms with Crippen molar-refractivity contribution in [2.75, 3.05) is 13.3 Å². The van der Waals surface area contributed by atoms with E-state index in [1.54, 1.807) is 0 Å². The summed E-state index contributed by atoms with van der Waals surface area (Å²) >= 11 is 0. The van der Waals surface area contributed by atoms with Gasteiger partial charge in [-0.3, -0.25) is 4.39 Å². The Hall–Kier alpha value is -0.620. The van der Waals surface area contributed by atoms with Crippen LogP contribution in [-0.4, -0.2) is 13.3 Å². The lowest BCUT2D eigenvalue weighted by Gasteiger charge is -1.86. The van der Waals surface area contributed by atoms with Gasteiger partial charge in [0.05, 0.1) is 6.67 Å². The molecule has 0 aliphatic heterocycles. The van der Waals surface area contributed by atoms with E-state index in [1.165, 1.54) is 6.92 Å². The molecule has 0 aliphatic rings. The molecular formula is C8H14F2. The van der Waals surface area contributed by atoms with Crippen LogP contribution in [0, 0.1) is 0 Å². The first-order chi connectivity index (χ1) is 4.76. The van der Waals surface area contributed by atoms with Crippen LogP contribution in [0.5, 0.6) is 0 Å². The molecule has 0 nitrogen and oxygen atoms in total. The molecule has 0 unspecified atom stereocenters. The molecule has 0 amide bonds. The summed E-state index contributed by atoms with van der Waals surface area (Å²) < 4.78 is 21.8. The first-order valence-electron chi connectivity index (χ1n) is 3.26. The summed E-state index contributed by atoms with van der Waals surface area (Å²) in [6, 6.07) is 0. The van der Waals surface area contributed by atoms with Gasteiger partial charge in [-0.05, 0) is 13.3 Å². The van der Waals surface area contributed by atoms with Gasteiger partial charge in [-0.2, -0.15) is 0 Å². The van der Waals surface area contributed by atoms with E-state index in [0.717, 1.165) is 6.42 Å². The molecule has 2 heteroatoms. The van der Waals surface area contributed by atoms with E-state index in [2.05, 4.69) is 12.3 Å². The highest BCUT2D eigenvalue weighted by Crippen LogP contribution is 1.95. The number of alkyl halides is 2. The van der Waals surface area contributed by atoms with Crippen molar-refractivity contribution in [3.8, 4) is 0 Å². The molecule has 10 heavy (non-hydrogen) atoms. The molecule has 0 saturated heterocycles. The Morgan fingerprint density at radius 3 is 1.80 bits per heavy atom. The van der Waals surface area contributed by atoms with Gasteiger partial charge in [-0.1, -0.05) is 13.5 Å². The predicted octanol–water partition coefficient (Wildman–Crippen LogP) is 3.05. The van der Waals surface area contributed by atoms with Crippen molar-refractivity contribution in [1.82, 2.24) is 0 Å². The Morgan fingerprint density at radius 2 is 1.80 bits per heavy atom. The molecule has 0 rings (SSSR count). The maximum Gasteiger partial charge on any atom is 0.118 e. The van der Waals surface area contributed by atoms with Crippen molar-refractivity contribution < 1.29 is 8.78 Å². The second-order valence-corrected chi connectivity index (χ2v) is 1.53. The van der Waals surface area contributed by atoms with Gasteiger partial charge in [-0.15, -0.1) is 5.73 Å². The standard InChI is InChI=1S/C6H9F.C2H5F/c1-3-6(4-2)5-7;1-2-3/h1,4-5H2,2H3;2H2,1H3. The highest BCUT2D eigenvalue weighted by atomic mass is 19.1. The van der Waals surface area contributed by atoms with Crippen molar-refractivity contribution in [2.45, 2.75) is 20.3 Å². The molecule has 0 spiro atoms. The number of hydrogen-bond acceptors (Lipinski definition) is 0. The van der Waals surface area contributed by atoms with E-state index in [-0.39, 0.29) is 6.67 Å². The molecule has 0 heterocycles. The molecule has 0 radical (unpaired) electrons. The molecule has 0 saturated carbocycles. The van der Waals surface area contributed by atoms with Gasteiger partial charge in [0.1, 0.15) is 6.67 Å². The Labute approximate surface area is 61.3 Å². The minimum absolute atomic E-state index is 0.250. The summed E-state index contributed by atoms with van der Waals surface area (Å²) in [5.41, 5.74) is 3.15. The van der Waals surface area contributed by atoms with Crippen LogP contribution in [0.3, 0.4) is 0 Å². The lowest BCUT2D eigenvalue weighted by atomic mass is 10.2. The molecule has 0 bridgehead atoms. The van der Waals surface area contributed by atoms with Crippen LogP contribution in [0.1, 0.15) is 20.3 Å². The summed E-state index contributed by atoms with van der Waals surface area (Å²) in [4.78, 5) is 0. The summed E-state index contributed by atoms with van der Waals surface area (Å²) in [5, 5.41) is 0. The van der Waals surface area contributed by atoms with E-state index in [4.69, 9.17) is 0 Å². The third-order valence-electron chi connectivity index (χ3n) is 0.838. The minimum atomic E-state index is -0.403. The van der Waals surface area contributed by atoms with Gasteiger partial charge in [-0.25, -0.2) is 4.39 Å². The average molecular weight is 148 g/mol. The van der Waals surface area contributed by atoms with E-state index in [0.29, 0.717) is 5.57 Å². The molecule has 0 aliphatic carbocycles. The Kier molecular flexibility index (Phi) is 13.6. The van der Waals surface area contributed by atoms with Crippen LogP contribution in [0.25, 0.3) is 0 Å². The van der Waals surface area contributed by atoms with Crippen molar-refractivity contribution in [3.05, 3.63) is 17.9 Å². The lowest BCUT2D eigenvalue weighted by molar-refractivity contribution is 0.527. The van der Waals surface area contributed by atoms with Gasteiger partial charge in [0.25, 0.3) is 0 Å². The molecule has 0 aromatic carbocycles. The molecule has 0 aromatic heterocycles. The van der Waals surface area contributed by atoms with Crippen LogP contribution in [0.4, 0.5) is 8.78 Å². The quantitative estimate of drug-likeness (QED) is 0.528. The van der Waals surface area contributed by atoms with E-state index < -0.39 is 6.67 Å². The first kappa shape index (κ1) is 12.1. The molecule has 0 N–H and O–H groups in total. The third-order valence-corrected chi connectivity index (χ3v) is 0.838. The first-order valence-corrected chi connectivity index (χ1v) is 3.26. The zero-order chi connectivity index (χ0) is 8.41. The van der Waals surface area contributed by atoms with Gasteiger partial charge < -0.3 is 0 Å². The Balaban J connectivity index is 0. The van der Waals surface area contributed by atoms with Crippen molar-refractivity contribution in [3.63, 3.8) is 0 Å². The van der Waals surface area contributed by atoms with Crippen molar-refractivity contribution in [1.29, 1.82) is 0 Å². The number of halogens is 2. The van der Waals surface area contributed by atoms with Crippen LogP contribution in [-0.2, 0) is 0 Å². The average Bonchev–Trinajstić information content (AvgIpc) is 1.93. The van der Waals surface area contributed by atoms with Crippen molar-refractivity contribution in [2.24, 2.45) is 0 Å². The smallest absolute Gasteiger partial charge is 0.118 e. The van der Waals surface area contributed by atoms with Crippen LogP contribution < -0.4 is 0 Å². The normalized spacial score (nSPS) is 7.20. The largest absolute Gasteiger partial charge is 0.251 e. The number of rotatable bonds is 2. The summed E-state index contributed by atoms with van der Waals surface area (Å²) in [5.74, 6) is 0. The third kappa shape index (κ3) is 10.4. The topological polar surface area (TPSA) is 0 Å². The highest BCUT2D eigenvalue weighted by molar-refractivity contribution is 4.97. The SMILES string of the molecule is C=C=C(CC)CF.CCF. The van der Waals surface area contributed by atoms with E-state index in [9.17, 15) is 8.78 Å². The van der Waals surface area contributed by atoms with Crippen LogP contribution >= 0.6 is 0 Å². The fourth-order valence-electron chi connectivity index (χ4n) is 0.267. The van der Waals surface area contributed by atoms with Crippen LogP contribution in [0.15, 0.2) is 17.9 Å². The molecule has 0 fully saturated rings. The maximum atomic E-state index is 11.5. The molecule has 0 aromatic rings. The predicted molar refractivity (Wildman–Crippen MR) is 40.6 cm³/mol. The number of allylic oxidation sites excluding steroid dienone is 1. The monoisotopic (exact) mass is 148 g/mol. The Bertz CT molecular complexity index is 95.8. The lowest BCUT2D eigenvalue weighted by Crippen LogP contribution is -1.77. The van der Waals surface area contributed by atoms with Gasteiger partial charge >= 0.3 is 0 Å². The maximum absolute atomic E-state index is 11.5. The van der Waals surface area contributed by atoms with Gasteiger partial charge in [0.2, 0.25) is 0 Å². The molecule has 0 atom stereocenters. The second kappa shape index (κ2) is 11.2. The summed E-state index contributed by atoms with van der Waals surface area (Å²) in [7, 11) is 0. The van der Waals surface area contributed by atoms with Crippen molar-refractivity contribution >= 4 is 0 Å². The molecule has 60 valence electrons.